The molecule has 2 rings (SSSR count). The lowest BCUT2D eigenvalue weighted by molar-refractivity contribution is 0.106. The van der Waals surface area contributed by atoms with Gasteiger partial charge in [-0.05, 0) is 30.5 Å². The standard InChI is InChI=1S/C11H18N2OS/c1-12-6-10(14)8-13-4-2-11-9(7-13)3-5-15-11/h3,5,10,12,14H,2,4,6-8H2,1H3. The molecule has 3 nitrogen and oxygen atoms in total. The van der Waals surface area contributed by atoms with Crippen molar-refractivity contribution in [1.29, 1.82) is 0 Å². The molecule has 0 fully saturated rings. The number of likely N-dealkylation sites (N-methyl/N-ethyl adjacent to an activating group) is 1. The van der Waals surface area contributed by atoms with Crippen LogP contribution in [0.2, 0.25) is 0 Å². The molecule has 15 heavy (non-hydrogen) atoms. The molecule has 84 valence electrons. The van der Waals surface area contributed by atoms with Crippen LogP contribution in [0, 0.1) is 0 Å². The number of aliphatic hydroxyl groups is 1. The zero-order valence-corrected chi connectivity index (χ0v) is 9.89. The van der Waals surface area contributed by atoms with E-state index in [9.17, 15) is 5.11 Å². The summed E-state index contributed by atoms with van der Waals surface area (Å²) in [6.45, 7) is 3.52. The Bertz CT molecular complexity index is 313. The Kier molecular flexibility index (Phi) is 3.75. The van der Waals surface area contributed by atoms with E-state index in [1.54, 1.807) is 0 Å². The average Bonchev–Trinajstić information content (AvgIpc) is 2.65. The predicted molar refractivity (Wildman–Crippen MR) is 63.2 cm³/mol. The average molecular weight is 226 g/mol. The van der Waals surface area contributed by atoms with Gasteiger partial charge < -0.3 is 10.4 Å². The van der Waals surface area contributed by atoms with E-state index in [-0.39, 0.29) is 6.10 Å². The smallest absolute Gasteiger partial charge is 0.0791 e. The molecule has 0 radical (unpaired) electrons. The molecular formula is C11H18N2OS. The first-order valence-corrected chi connectivity index (χ1v) is 6.28. The summed E-state index contributed by atoms with van der Waals surface area (Å²) in [7, 11) is 1.87. The van der Waals surface area contributed by atoms with Gasteiger partial charge in [-0.1, -0.05) is 0 Å². The van der Waals surface area contributed by atoms with E-state index < -0.39 is 0 Å². The van der Waals surface area contributed by atoms with Gasteiger partial charge in [-0.2, -0.15) is 0 Å². The normalized spacial score (nSPS) is 18.8. The van der Waals surface area contributed by atoms with Crippen molar-refractivity contribution in [3.63, 3.8) is 0 Å². The van der Waals surface area contributed by atoms with Gasteiger partial charge in [0.1, 0.15) is 0 Å². The number of β-amino-alcohol motifs (C(OH)–C–C–N with tert-alkyl or cyclic N) is 1. The Morgan fingerprint density at radius 2 is 2.53 bits per heavy atom. The van der Waals surface area contributed by atoms with Crippen LogP contribution < -0.4 is 5.32 Å². The van der Waals surface area contributed by atoms with E-state index in [0.29, 0.717) is 6.54 Å². The maximum Gasteiger partial charge on any atom is 0.0791 e. The van der Waals surface area contributed by atoms with Gasteiger partial charge in [0, 0.05) is 31.1 Å². The van der Waals surface area contributed by atoms with Crippen LogP contribution >= 0.6 is 11.3 Å². The molecule has 1 aliphatic heterocycles. The Morgan fingerprint density at radius 3 is 3.33 bits per heavy atom. The Hall–Kier alpha value is -0.420. The van der Waals surface area contributed by atoms with Gasteiger partial charge in [-0.15, -0.1) is 11.3 Å². The number of aliphatic hydroxyl groups excluding tert-OH is 1. The second-order valence-corrected chi connectivity index (χ2v) is 5.07. The summed E-state index contributed by atoms with van der Waals surface area (Å²) in [6, 6.07) is 2.20. The molecule has 1 aromatic heterocycles. The van der Waals surface area contributed by atoms with Crippen LogP contribution in [-0.2, 0) is 13.0 Å². The molecule has 0 saturated heterocycles. The largest absolute Gasteiger partial charge is 0.390 e. The second kappa shape index (κ2) is 5.07. The molecule has 0 spiro atoms. The van der Waals surface area contributed by atoms with Crippen LogP contribution in [0.25, 0.3) is 0 Å². The van der Waals surface area contributed by atoms with Crippen molar-refractivity contribution in [3.8, 4) is 0 Å². The number of hydrogen-bond donors (Lipinski definition) is 2. The third kappa shape index (κ3) is 2.78. The van der Waals surface area contributed by atoms with Crippen molar-refractivity contribution in [2.75, 3.05) is 26.7 Å². The van der Waals surface area contributed by atoms with Gasteiger partial charge in [0.15, 0.2) is 0 Å². The van der Waals surface area contributed by atoms with Crippen LogP contribution in [0.4, 0.5) is 0 Å². The van der Waals surface area contributed by atoms with Crippen LogP contribution in [0.1, 0.15) is 10.4 Å². The third-order valence-electron chi connectivity index (χ3n) is 2.80. The zero-order valence-electron chi connectivity index (χ0n) is 9.07. The van der Waals surface area contributed by atoms with Gasteiger partial charge in [0.25, 0.3) is 0 Å². The first kappa shape index (κ1) is 11.1. The van der Waals surface area contributed by atoms with E-state index in [1.807, 2.05) is 18.4 Å². The number of rotatable bonds is 4. The van der Waals surface area contributed by atoms with Crippen LogP contribution in [0.3, 0.4) is 0 Å². The Labute approximate surface area is 94.7 Å². The summed E-state index contributed by atoms with van der Waals surface area (Å²) in [5.41, 5.74) is 1.45. The number of thiophene rings is 1. The van der Waals surface area contributed by atoms with Crippen LogP contribution in [0.5, 0.6) is 0 Å². The Morgan fingerprint density at radius 1 is 1.67 bits per heavy atom. The molecule has 0 saturated carbocycles. The molecule has 1 atom stereocenters. The zero-order chi connectivity index (χ0) is 10.7. The molecule has 0 bridgehead atoms. The summed E-state index contributed by atoms with van der Waals surface area (Å²) < 4.78 is 0. The molecule has 0 amide bonds. The summed E-state index contributed by atoms with van der Waals surface area (Å²) in [5, 5.41) is 14.9. The highest BCUT2D eigenvalue weighted by molar-refractivity contribution is 7.10. The van der Waals surface area contributed by atoms with Gasteiger partial charge in [0.05, 0.1) is 6.10 Å². The van der Waals surface area contributed by atoms with Gasteiger partial charge >= 0.3 is 0 Å². The maximum atomic E-state index is 9.70. The van der Waals surface area contributed by atoms with Crippen LogP contribution in [-0.4, -0.2) is 42.8 Å². The second-order valence-electron chi connectivity index (χ2n) is 4.07. The van der Waals surface area contributed by atoms with Crippen molar-refractivity contribution in [2.45, 2.75) is 19.1 Å². The van der Waals surface area contributed by atoms with E-state index in [1.165, 1.54) is 10.4 Å². The fourth-order valence-electron chi connectivity index (χ4n) is 2.06. The summed E-state index contributed by atoms with van der Waals surface area (Å²) in [5.74, 6) is 0. The predicted octanol–water partition coefficient (Wildman–Crippen LogP) is 0.686. The van der Waals surface area contributed by atoms with E-state index >= 15 is 0 Å². The van der Waals surface area contributed by atoms with Crippen molar-refractivity contribution >= 4 is 11.3 Å². The van der Waals surface area contributed by atoms with Gasteiger partial charge in [-0.25, -0.2) is 0 Å². The molecular weight excluding hydrogens is 208 g/mol. The molecule has 2 heterocycles. The fourth-order valence-corrected chi connectivity index (χ4v) is 2.95. The maximum absolute atomic E-state index is 9.70. The topological polar surface area (TPSA) is 35.5 Å². The monoisotopic (exact) mass is 226 g/mol. The van der Waals surface area contributed by atoms with Crippen LogP contribution in [0.15, 0.2) is 11.4 Å². The lowest BCUT2D eigenvalue weighted by Crippen LogP contribution is -2.39. The first-order chi connectivity index (χ1) is 7.29. The van der Waals surface area contributed by atoms with E-state index in [4.69, 9.17) is 0 Å². The fraction of sp³-hybridized carbons (Fsp3) is 0.636. The lowest BCUT2D eigenvalue weighted by Gasteiger charge is -2.28. The highest BCUT2D eigenvalue weighted by Crippen LogP contribution is 2.23. The quantitative estimate of drug-likeness (QED) is 0.793. The summed E-state index contributed by atoms with van der Waals surface area (Å²) >= 11 is 1.86. The first-order valence-electron chi connectivity index (χ1n) is 5.40. The molecule has 1 aromatic rings. The van der Waals surface area contributed by atoms with Crippen molar-refractivity contribution in [2.24, 2.45) is 0 Å². The van der Waals surface area contributed by atoms with Crippen molar-refractivity contribution in [1.82, 2.24) is 10.2 Å². The van der Waals surface area contributed by atoms with Gasteiger partial charge in [-0.3, -0.25) is 4.90 Å². The lowest BCUT2D eigenvalue weighted by atomic mass is 10.1. The molecule has 1 aliphatic rings. The molecule has 0 aliphatic carbocycles. The minimum atomic E-state index is -0.254. The number of fused-ring (bicyclic) bond motifs is 1. The molecule has 2 N–H and O–H groups in total. The number of hydrogen-bond acceptors (Lipinski definition) is 4. The molecule has 0 aromatic carbocycles. The minimum absolute atomic E-state index is 0.254. The van der Waals surface area contributed by atoms with Crippen molar-refractivity contribution < 1.29 is 5.11 Å². The highest BCUT2D eigenvalue weighted by Gasteiger charge is 2.18. The van der Waals surface area contributed by atoms with E-state index in [0.717, 1.165) is 26.1 Å². The van der Waals surface area contributed by atoms with Gasteiger partial charge in [0.2, 0.25) is 0 Å². The van der Waals surface area contributed by atoms with Crippen molar-refractivity contribution in [3.05, 3.63) is 21.9 Å². The summed E-state index contributed by atoms with van der Waals surface area (Å²) in [6.07, 6.45) is 0.884. The number of nitrogens with zero attached hydrogens (tertiary/aromatic N) is 1. The number of nitrogens with one attached hydrogen (secondary N) is 1. The molecule has 1 unspecified atom stereocenters. The third-order valence-corrected chi connectivity index (χ3v) is 3.82. The minimum Gasteiger partial charge on any atom is -0.390 e. The Balaban J connectivity index is 1.87. The molecule has 4 heteroatoms. The SMILES string of the molecule is CNCC(O)CN1CCc2sccc2C1. The van der Waals surface area contributed by atoms with E-state index in [2.05, 4.69) is 21.7 Å². The highest BCUT2D eigenvalue weighted by atomic mass is 32.1. The summed E-state index contributed by atoms with van der Waals surface area (Å²) in [4.78, 5) is 3.85.